The Morgan fingerprint density at radius 2 is 2.13 bits per heavy atom. The third kappa shape index (κ3) is 3.32. The van der Waals surface area contributed by atoms with Gasteiger partial charge in [0.1, 0.15) is 0 Å². The Labute approximate surface area is 89.2 Å². The molecule has 0 saturated carbocycles. The van der Waals surface area contributed by atoms with E-state index in [0.29, 0.717) is 6.54 Å². The lowest BCUT2D eigenvalue weighted by molar-refractivity contribution is -0.384. The van der Waals surface area contributed by atoms with Crippen LogP contribution in [0.15, 0.2) is 24.3 Å². The van der Waals surface area contributed by atoms with Gasteiger partial charge in [-0.2, -0.15) is 0 Å². The summed E-state index contributed by atoms with van der Waals surface area (Å²) in [5, 5.41) is 10.6. The zero-order chi connectivity index (χ0) is 11.5. The van der Waals surface area contributed by atoms with Gasteiger partial charge in [-0.05, 0) is 23.9 Å². The van der Waals surface area contributed by atoms with Crippen molar-refractivity contribution < 1.29 is 4.92 Å². The number of benzene rings is 1. The van der Waals surface area contributed by atoms with Crippen LogP contribution in [0.2, 0.25) is 0 Å². The van der Waals surface area contributed by atoms with Gasteiger partial charge >= 0.3 is 0 Å². The summed E-state index contributed by atoms with van der Waals surface area (Å²) in [6, 6.07) is 6.71. The second kappa shape index (κ2) is 4.40. The normalized spacial score (nSPS) is 11.4. The molecule has 1 aromatic rings. The summed E-state index contributed by atoms with van der Waals surface area (Å²) in [4.78, 5) is 10.2. The van der Waals surface area contributed by atoms with Gasteiger partial charge in [0, 0.05) is 12.1 Å². The molecular formula is C11H16N2O2. The number of nitrogens with zero attached hydrogens (tertiary/aromatic N) is 1. The lowest BCUT2D eigenvalue weighted by Gasteiger charge is -2.21. The van der Waals surface area contributed by atoms with Crippen molar-refractivity contribution in [3.8, 4) is 0 Å². The highest BCUT2D eigenvalue weighted by molar-refractivity contribution is 5.34. The average molecular weight is 208 g/mol. The number of hydrogen-bond donors (Lipinski definition) is 1. The third-order valence-corrected chi connectivity index (χ3v) is 2.36. The van der Waals surface area contributed by atoms with E-state index < -0.39 is 0 Å². The lowest BCUT2D eigenvalue weighted by Crippen LogP contribution is -2.25. The Morgan fingerprint density at radius 1 is 1.47 bits per heavy atom. The maximum Gasteiger partial charge on any atom is 0.269 e. The van der Waals surface area contributed by atoms with Crippen LogP contribution in [0.3, 0.4) is 0 Å². The molecule has 4 nitrogen and oxygen atoms in total. The van der Waals surface area contributed by atoms with Crippen LogP contribution in [0, 0.1) is 15.5 Å². The summed E-state index contributed by atoms with van der Waals surface area (Å²) in [5.41, 5.74) is 6.70. The molecule has 0 atom stereocenters. The Balaban J connectivity index is 2.87. The molecule has 0 amide bonds. The number of non-ortho nitro benzene ring substituents is 1. The number of nitro benzene ring substituents is 1. The first kappa shape index (κ1) is 11.7. The minimum Gasteiger partial charge on any atom is -0.330 e. The molecule has 0 aromatic heterocycles. The van der Waals surface area contributed by atoms with Gasteiger partial charge in [-0.15, -0.1) is 0 Å². The molecule has 15 heavy (non-hydrogen) atoms. The number of nitro groups is 1. The van der Waals surface area contributed by atoms with Crippen molar-refractivity contribution >= 4 is 5.69 Å². The van der Waals surface area contributed by atoms with Crippen LogP contribution in [-0.4, -0.2) is 11.5 Å². The minimum atomic E-state index is -0.376. The average Bonchev–Trinajstić information content (AvgIpc) is 2.17. The van der Waals surface area contributed by atoms with Gasteiger partial charge in [-0.1, -0.05) is 26.0 Å². The van der Waals surface area contributed by atoms with E-state index in [1.54, 1.807) is 12.1 Å². The van der Waals surface area contributed by atoms with E-state index in [0.717, 1.165) is 12.0 Å². The number of hydrogen-bond acceptors (Lipinski definition) is 3. The van der Waals surface area contributed by atoms with Gasteiger partial charge in [0.2, 0.25) is 0 Å². The second-order valence-corrected chi connectivity index (χ2v) is 4.47. The van der Waals surface area contributed by atoms with Crippen LogP contribution < -0.4 is 5.73 Å². The quantitative estimate of drug-likeness (QED) is 0.608. The van der Waals surface area contributed by atoms with Gasteiger partial charge in [-0.25, -0.2) is 0 Å². The van der Waals surface area contributed by atoms with E-state index in [2.05, 4.69) is 0 Å². The number of rotatable bonds is 4. The molecular weight excluding hydrogens is 192 g/mol. The van der Waals surface area contributed by atoms with Crippen molar-refractivity contribution in [2.45, 2.75) is 20.3 Å². The predicted molar refractivity (Wildman–Crippen MR) is 59.6 cm³/mol. The van der Waals surface area contributed by atoms with E-state index in [1.807, 2.05) is 19.9 Å². The first-order valence-electron chi connectivity index (χ1n) is 4.88. The highest BCUT2D eigenvalue weighted by Gasteiger charge is 2.17. The SMILES string of the molecule is CC(C)(CN)Cc1cccc([N+](=O)[O-])c1. The summed E-state index contributed by atoms with van der Waals surface area (Å²) < 4.78 is 0. The molecule has 0 heterocycles. The smallest absolute Gasteiger partial charge is 0.269 e. The van der Waals surface area contributed by atoms with E-state index in [9.17, 15) is 10.1 Å². The van der Waals surface area contributed by atoms with Crippen LogP contribution >= 0.6 is 0 Å². The molecule has 0 unspecified atom stereocenters. The Hall–Kier alpha value is -1.42. The summed E-state index contributed by atoms with van der Waals surface area (Å²) in [5.74, 6) is 0. The van der Waals surface area contributed by atoms with Crippen LogP contribution in [0.25, 0.3) is 0 Å². The van der Waals surface area contributed by atoms with Crippen LogP contribution in [0.5, 0.6) is 0 Å². The molecule has 4 heteroatoms. The highest BCUT2D eigenvalue weighted by Crippen LogP contribution is 2.22. The summed E-state index contributed by atoms with van der Waals surface area (Å²) in [6.45, 7) is 4.66. The number of nitrogens with two attached hydrogens (primary N) is 1. The van der Waals surface area contributed by atoms with Crippen molar-refractivity contribution in [3.63, 3.8) is 0 Å². The Morgan fingerprint density at radius 3 is 2.67 bits per heavy atom. The molecule has 0 aliphatic carbocycles. The van der Waals surface area contributed by atoms with Crippen molar-refractivity contribution in [1.82, 2.24) is 0 Å². The van der Waals surface area contributed by atoms with E-state index in [4.69, 9.17) is 5.73 Å². The molecule has 0 radical (unpaired) electrons. The molecule has 0 aliphatic rings. The molecule has 0 spiro atoms. The van der Waals surface area contributed by atoms with Gasteiger partial charge in [0.15, 0.2) is 0 Å². The second-order valence-electron chi connectivity index (χ2n) is 4.47. The summed E-state index contributed by atoms with van der Waals surface area (Å²) in [7, 11) is 0. The molecule has 1 rings (SSSR count). The molecule has 1 aromatic carbocycles. The Kier molecular flexibility index (Phi) is 3.42. The van der Waals surface area contributed by atoms with E-state index in [1.165, 1.54) is 6.07 Å². The molecule has 0 fully saturated rings. The molecule has 0 bridgehead atoms. The van der Waals surface area contributed by atoms with Gasteiger partial charge in [0.05, 0.1) is 4.92 Å². The molecule has 82 valence electrons. The molecule has 0 aliphatic heterocycles. The van der Waals surface area contributed by atoms with Crippen molar-refractivity contribution in [2.75, 3.05) is 6.54 Å². The zero-order valence-corrected chi connectivity index (χ0v) is 9.06. The minimum absolute atomic E-state index is 0.0186. The maximum absolute atomic E-state index is 10.6. The zero-order valence-electron chi connectivity index (χ0n) is 9.06. The van der Waals surface area contributed by atoms with Gasteiger partial charge in [-0.3, -0.25) is 10.1 Å². The first-order valence-corrected chi connectivity index (χ1v) is 4.88. The monoisotopic (exact) mass is 208 g/mol. The van der Waals surface area contributed by atoms with Crippen LogP contribution in [0.4, 0.5) is 5.69 Å². The Bertz CT molecular complexity index is 361. The lowest BCUT2D eigenvalue weighted by atomic mass is 9.86. The highest BCUT2D eigenvalue weighted by atomic mass is 16.6. The fourth-order valence-electron chi connectivity index (χ4n) is 1.40. The van der Waals surface area contributed by atoms with Gasteiger partial charge in [0.25, 0.3) is 5.69 Å². The predicted octanol–water partition coefficient (Wildman–Crippen LogP) is 2.12. The fraction of sp³-hybridized carbons (Fsp3) is 0.455. The van der Waals surface area contributed by atoms with Crippen LogP contribution in [-0.2, 0) is 6.42 Å². The van der Waals surface area contributed by atoms with Crippen molar-refractivity contribution in [2.24, 2.45) is 11.1 Å². The van der Waals surface area contributed by atoms with Crippen molar-refractivity contribution in [3.05, 3.63) is 39.9 Å². The van der Waals surface area contributed by atoms with Crippen LogP contribution in [0.1, 0.15) is 19.4 Å². The molecule has 0 saturated heterocycles. The maximum atomic E-state index is 10.6. The summed E-state index contributed by atoms with van der Waals surface area (Å²) >= 11 is 0. The fourth-order valence-corrected chi connectivity index (χ4v) is 1.40. The van der Waals surface area contributed by atoms with Crippen molar-refractivity contribution in [1.29, 1.82) is 0 Å². The third-order valence-electron chi connectivity index (χ3n) is 2.36. The van der Waals surface area contributed by atoms with E-state index >= 15 is 0 Å². The molecule has 2 N–H and O–H groups in total. The largest absolute Gasteiger partial charge is 0.330 e. The first-order chi connectivity index (χ1) is 6.94. The summed E-state index contributed by atoms with van der Waals surface area (Å²) in [6.07, 6.45) is 0.755. The van der Waals surface area contributed by atoms with E-state index in [-0.39, 0.29) is 16.0 Å². The standard InChI is InChI=1S/C11H16N2O2/c1-11(2,8-12)7-9-4-3-5-10(6-9)13(14)15/h3-6H,7-8,12H2,1-2H3. The van der Waals surface area contributed by atoms with Gasteiger partial charge < -0.3 is 5.73 Å². The topological polar surface area (TPSA) is 69.2 Å².